The highest BCUT2D eigenvalue weighted by atomic mass is 32.2. The maximum atomic E-state index is 12.6. The van der Waals surface area contributed by atoms with Crippen molar-refractivity contribution in [3.05, 3.63) is 66.2 Å². The zero-order valence-electron chi connectivity index (χ0n) is 14.3. The zero-order valence-corrected chi connectivity index (χ0v) is 15.1. The largest absolute Gasteiger partial charge is 0.241 e. The van der Waals surface area contributed by atoms with Crippen LogP contribution in [0.25, 0.3) is 0 Å². The fraction of sp³-hybridized carbons (Fsp3) is 0.400. The Hall–Kier alpha value is -1.65. The molecule has 2 rings (SSSR count). The lowest BCUT2D eigenvalue weighted by molar-refractivity contribution is 0.509. The minimum atomic E-state index is -3.51. The fourth-order valence-electron chi connectivity index (χ4n) is 2.79. The first-order chi connectivity index (χ1) is 11.6. The summed E-state index contributed by atoms with van der Waals surface area (Å²) in [7, 11) is -3.51. The Kier molecular flexibility index (Phi) is 7.47. The molecule has 0 radical (unpaired) electrons. The Morgan fingerprint density at radius 2 is 1.42 bits per heavy atom. The third-order valence-electron chi connectivity index (χ3n) is 4.15. The second-order valence-electron chi connectivity index (χ2n) is 6.10. The second kappa shape index (κ2) is 9.60. The molecule has 0 spiro atoms. The standard InChI is InChI=1S/C20H27NO2S/c1-2-3-4-5-12-17-20(18-13-8-6-9-14-18)21-24(22,23)19-15-10-7-11-16-19/h6-11,13-16,20-21H,2-5,12,17H2,1H3. The molecular formula is C20H27NO2S. The lowest BCUT2D eigenvalue weighted by Gasteiger charge is -2.19. The lowest BCUT2D eigenvalue weighted by Crippen LogP contribution is -2.28. The molecule has 2 aromatic rings. The van der Waals surface area contributed by atoms with Crippen LogP contribution in [0.2, 0.25) is 0 Å². The van der Waals surface area contributed by atoms with E-state index in [0.717, 1.165) is 24.8 Å². The molecule has 3 nitrogen and oxygen atoms in total. The van der Waals surface area contributed by atoms with E-state index in [0.29, 0.717) is 4.90 Å². The Labute approximate surface area is 146 Å². The first-order valence-electron chi connectivity index (χ1n) is 8.76. The minimum absolute atomic E-state index is 0.182. The molecule has 0 saturated carbocycles. The van der Waals surface area contributed by atoms with E-state index < -0.39 is 10.0 Å². The molecule has 0 amide bonds. The van der Waals surface area contributed by atoms with Crippen molar-refractivity contribution in [3.8, 4) is 0 Å². The molecule has 1 unspecified atom stereocenters. The van der Waals surface area contributed by atoms with Gasteiger partial charge in [0.2, 0.25) is 10.0 Å². The van der Waals surface area contributed by atoms with Crippen LogP contribution in [0.3, 0.4) is 0 Å². The molecule has 4 heteroatoms. The van der Waals surface area contributed by atoms with Gasteiger partial charge in [0.15, 0.2) is 0 Å². The molecule has 0 fully saturated rings. The predicted octanol–water partition coefficient (Wildman–Crippen LogP) is 5.07. The summed E-state index contributed by atoms with van der Waals surface area (Å²) in [6.07, 6.45) is 6.65. The summed E-state index contributed by atoms with van der Waals surface area (Å²) in [6.45, 7) is 2.20. The van der Waals surface area contributed by atoms with Crippen LogP contribution >= 0.6 is 0 Å². The van der Waals surface area contributed by atoms with E-state index in [1.807, 2.05) is 36.4 Å². The Balaban J connectivity index is 2.08. The summed E-state index contributed by atoms with van der Waals surface area (Å²) in [5, 5.41) is 0. The Morgan fingerprint density at radius 3 is 2.04 bits per heavy atom. The normalized spacial score (nSPS) is 12.9. The van der Waals surface area contributed by atoms with Gasteiger partial charge in [0.1, 0.15) is 0 Å². The Morgan fingerprint density at radius 1 is 0.833 bits per heavy atom. The monoisotopic (exact) mass is 345 g/mol. The second-order valence-corrected chi connectivity index (χ2v) is 7.81. The molecule has 2 aromatic carbocycles. The molecule has 0 aromatic heterocycles. The van der Waals surface area contributed by atoms with Crippen LogP contribution in [-0.2, 0) is 10.0 Å². The van der Waals surface area contributed by atoms with Crippen LogP contribution in [0.1, 0.15) is 57.1 Å². The maximum Gasteiger partial charge on any atom is 0.241 e. The quantitative estimate of drug-likeness (QED) is 0.611. The summed E-state index contributed by atoms with van der Waals surface area (Å²) in [6, 6.07) is 18.2. The highest BCUT2D eigenvalue weighted by Gasteiger charge is 2.20. The lowest BCUT2D eigenvalue weighted by atomic mass is 10.0. The molecule has 130 valence electrons. The van der Waals surface area contributed by atoms with E-state index in [1.165, 1.54) is 19.3 Å². The highest BCUT2D eigenvalue weighted by molar-refractivity contribution is 7.89. The topological polar surface area (TPSA) is 46.2 Å². The van der Waals surface area contributed by atoms with Gasteiger partial charge in [0.25, 0.3) is 0 Å². The van der Waals surface area contributed by atoms with E-state index in [1.54, 1.807) is 24.3 Å². The van der Waals surface area contributed by atoms with Crippen molar-refractivity contribution >= 4 is 10.0 Å². The van der Waals surface area contributed by atoms with Crippen LogP contribution in [-0.4, -0.2) is 8.42 Å². The van der Waals surface area contributed by atoms with Crippen LogP contribution in [0.4, 0.5) is 0 Å². The van der Waals surface area contributed by atoms with Gasteiger partial charge in [-0.2, -0.15) is 0 Å². The van der Waals surface area contributed by atoms with Gasteiger partial charge in [-0.05, 0) is 24.1 Å². The van der Waals surface area contributed by atoms with E-state index in [9.17, 15) is 8.42 Å². The van der Waals surface area contributed by atoms with Gasteiger partial charge in [0.05, 0.1) is 4.90 Å². The number of unbranched alkanes of at least 4 members (excludes halogenated alkanes) is 4. The molecule has 24 heavy (non-hydrogen) atoms. The molecule has 1 N–H and O–H groups in total. The van der Waals surface area contributed by atoms with Gasteiger partial charge in [-0.25, -0.2) is 13.1 Å². The first kappa shape index (κ1) is 18.7. The van der Waals surface area contributed by atoms with Crippen molar-refractivity contribution in [1.29, 1.82) is 0 Å². The molecule has 0 aliphatic carbocycles. The van der Waals surface area contributed by atoms with Gasteiger partial charge < -0.3 is 0 Å². The number of nitrogens with one attached hydrogen (secondary N) is 1. The van der Waals surface area contributed by atoms with Gasteiger partial charge in [-0.3, -0.25) is 0 Å². The van der Waals surface area contributed by atoms with Crippen LogP contribution in [0, 0.1) is 0 Å². The number of rotatable bonds is 10. The van der Waals surface area contributed by atoms with Gasteiger partial charge >= 0.3 is 0 Å². The molecule has 0 aliphatic rings. The van der Waals surface area contributed by atoms with E-state index >= 15 is 0 Å². The Bertz CT molecular complexity index is 684. The van der Waals surface area contributed by atoms with Gasteiger partial charge in [-0.1, -0.05) is 87.6 Å². The van der Waals surface area contributed by atoms with Crippen molar-refractivity contribution in [2.75, 3.05) is 0 Å². The average Bonchev–Trinajstić information content (AvgIpc) is 2.62. The van der Waals surface area contributed by atoms with Crippen molar-refractivity contribution in [3.63, 3.8) is 0 Å². The molecule has 0 bridgehead atoms. The minimum Gasteiger partial charge on any atom is -0.207 e. The van der Waals surface area contributed by atoms with Crippen molar-refractivity contribution in [2.24, 2.45) is 0 Å². The predicted molar refractivity (Wildman–Crippen MR) is 99.3 cm³/mol. The first-order valence-corrected chi connectivity index (χ1v) is 10.2. The van der Waals surface area contributed by atoms with E-state index in [4.69, 9.17) is 0 Å². The number of benzene rings is 2. The molecule has 0 aliphatic heterocycles. The summed E-state index contributed by atoms with van der Waals surface area (Å²) >= 11 is 0. The van der Waals surface area contributed by atoms with Crippen molar-refractivity contribution in [2.45, 2.75) is 56.4 Å². The van der Waals surface area contributed by atoms with E-state index in [2.05, 4.69) is 11.6 Å². The summed E-state index contributed by atoms with van der Waals surface area (Å²) in [4.78, 5) is 0.317. The van der Waals surface area contributed by atoms with Crippen molar-refractivity contribution < 1.29 is 8.42 Å². The summed E-state index contributed by atoms with van der Waals surface area (Å²) in [5.41, 5.74) is 1.02. The SMILES string of the molecule is CCCCCCCC(NS(=O)(=O)c1ccccc1)c1ccccc1. The number of hydrogen-bond donors (Lipinski definition) is 1. The smallest absolute Gasteiger partial charge is 0.207 e. The van der Waals surface area contributed by atoms with Crippen LogP contribution in [0.15, 0.2) is 65.6 Å². The van der Waals surface area contributed by atoms with Gasteiger partial charge in [-0.15, -0.1) is 0 Å². The zero-order chi connectivity index (χ0) is 17.3. The van der Waals surface area contributed by atoms with Gasteiger partial charge in [0, 0.05) is 6.04 Å². The maximum absolute atomic E-state index is 12.6. The molecular weight excluding hydrogens is 318 g/mol. The average molecular weight is 346 g/mol. The summed E-state index contributed by atoms with van der Waals surface area (Å²) < 4.78 is 28.2. The van der Waals surface area contributed by atoms with Crippen LogP contribution in [0.5, 0.6) is 0 Å². The van der Waals surface area contributed by atoms with Crippen LogP contribution < -0.4 is 4.72 Å². The molecule has 0 saturated heterocycles. The van der Waals surface area contributed by atoms with E-state index in [-0.39, 0.29) is 6.04 Å². The fourth-order valence-corrected chi connectivity index (χ4v) is 4.07. The number of hydrogen-bond acceptors (Lipinski definition) is 2. The summed E-state index contributed by atoms with van der Waals surface area (Å²) in [5.74, 6) is 0. The highest BCUT2D eigenvalue weighted by Crippen LogP contribution is 2.23. The molecule has 0 heterocycles. The third-order valence-corrected chi connectivity index (χ3v) is 5.64. The molecule has 1 atom stereocenters. The third kappa shape index (κ3) is 5.77. The number of sulfonamides is 1. The van der Waals surface area contributed by atoms with Crippen molar-refractivity contribution in [1.82, 2.24) is 4.72 Å².